The molecule has 114 valence electrons. The first-order chi connectivity index (χ1) is 9.93. The molecule has 0 radical (unpaired) electrons. The summed E-state index contributed by atoms with van der Waals surface area (Å²) in [7, 11) is 0. The molecule has 1 saturated carbocycles. The van der Waals surface area contributed by atoms with Crippen LogP contribution in [0.25, 0.3) is 0 Å². The summed E-state index contributed by atoms with van der Waals surface area (Å²) in [6.45, 7) is 2.30. The van der Waals surface area contributed by atoms with Crippen molar-refractivity contribution < 1.29 is 14.7 Å². The number of carbonyl (C=O) groups excluding carboxylic acids is 1. The Bertz CT molecular complexity index is 536. The molecule has 1 fully saturated rings. The molecule has 2 N–H and O–H groups in total. The molecule has 0 unspecified atom stereocenters. The Balaban J connectivity index is 2.02. The maximum atomic E-state index is 12.1. The van der Waals surface area contributed by atoms with E-state index in [1.54, 1.807) is 24.3 Å². The van der Waals surface area contributed by atoms with E-state index >= 15 is 0 Å². The lowest BCUT2D eigenvalue weighted by atomic mass is 9.71. The number of hydrogen-bond donors (Lipinski definition) is 2. The van der Waals surface area contributed by atoms with Crippen LogP contribution in [0.4, 0.5) is 0 Å². The fraction of sp³-hybridized carbons (Fsp3) is 0.500. The molecule has 0 spiro atoms. The zero-order chi connectivity index (χ0) is 15.5. The lowest BCUT2D eigenvalue weighted by Crippen LogP contribution is -2.45. The van der Waals surface area contributed by atoms with Crippen molar-refractivity contribution in [2.75, 3.05) is 6.54 Å². The summed E-state index contributed by atoms with van der Waals surface area (Å²) < 4.78 is 0. The normalized spacial score (nSPS) is 25.3. The summed E-state index contributed by atoms with van der Waals surface area (Å²) in [5.41, 5.74) is -0.381. The van der Waals surface area contributed by atoms with Crippen LogP contribution in [0.5, 0.6) is 0 Å². The highest BCUT2D eigenvalue weighted by Gasteiger charge is 2.41. The number of rotatable bonds is 4. The van der Waals surface area contributed by atoms with E-state index in [0.717, 1.165) is 12.8 Å². The second kappa shape index (κ2) is 6.48. The minimum atomic E-state index is -0.833. The van der Waals surface area contributed by atoms with Gasteiger partial charge in [-0.2, -0.15) is 0 Å². The molecule has 0 atom stereocenters. The topological polar surface area (TPSA) is 66.4 Å². The van der Waals surface area contributed by atoms with Gasteiger partial charge in [0.05, 0.1) is 5.41 Å². The van der Waals surface area contributed by atoms with Crippen molar-refractivity contribution in [2.45, 2.75) is 32.6 Å². The van der Waals surface area contributed by atoms with Crippen molar-refractivity contribution in [3.8, 4) is 0 Å². The molecule has 5 heteroatoms. The van der Waals surface area contributed by atoms with E-state index in [-0.39, 0.29) is 12.5 Å². The molecule has 1 aliphatic carbocycles. The molecule has 0 saturated heterocycles. The van der Waals surface area contributed by atoms with E-state index in [1.807, 2.05) is 0 Å². The molecule has 0 aromatic heterocycles. The van der Waals surface area contributed by atoms with E-state index in [1.165, 1.54) is 0 Å². The van der Waals surface area contributed by atoms with Crippen molar-refractivity contribution in [3.05, 3.63) is 34.9 Å². The largest absolute Gasteiger partial charge is 0.481 e. The standard InChI is InChI=1S/C16H20ClNO3/c1-11-5-7-16(8-6-11,15(20)21)10-18-14(19)12-3-2-4-13(17)9-12/h2-4,9,11H,5-8,10H2,1H3,(H,18,19)(H,20,21). The summed E-state index contributed by atoms with van der Waals surface area (Å²) in [5.74, 6) is -0.543. The average molecular weight is 310 g/mol. The first kappa shape index (κ1) is 15.8. The van der Waals surface area contributed by atoms with Crippen molar-refractivity contribution in [3.63, 3.8) is 0 Å². The molecule has 1 aliphatic rings. The van der Waals surface area contributed by atoms with Crippen LogP contribution >= 0.6 is 11.6 Å². The van der Waals surface area contributed by atoms with Crippen LogP contribution in [-0.4, -0.2) is 23.5 Å². The number of carboxylic acid groups (broad SMARTS) is 1. The maximum absolute atomic E-state index is 12.1. The predicted molar refractivity (Wildman–Crippen MR) is 81.5 cm³/mol. The van der Waals surface area contributed by atoms with Crippen molar-refractivity contribution in [1.29, 1.82) is 0 Å². The molecular weight excluding hydrogens is 290 g/mol. The monoisotopic (exact) mass is 309 g/mol. The SMILES string of the molecule is CC1CCC(CNC(=O)c2cccc(Cl)c2)(C(=O)O)CC1. The van der Waals surface area contributed by atoms with Gasteiger partial charge in [0.1, 0.15) is 0 Å². The van der Waals surface area contributed by atoms with Crippen LogP contribution in [0.1, 0.15) is 43.0 Å². The van der Waals surface area contributed by atoms with Crippen molar-refractivity contribution in [1.82, 2.24) is 5.32 Å². The van der Waals surface area contributed by atoms with Crippen LogP contribution in [-0.2, 0) is 4.79 Å². The number of benzene rings is 1. The molecule has 21 heavy (non-hydrogen) atoms. The third-order valence-corrected chi connectivity index (χ3v) is 4.59. The van der Waals surface area contributed by atoms with E-state index in [2.05, 4.69) is 12.2 Å². The Labute approximate surface area is 129 Å². The van der Waals surface area contributed by atoms with E-state index in [9.17, 15) is 14.7 Å². The third-order valence-electron chi connectivity index (χ3n) is 4.36. The Hall–Kier alpha value is -1.55. The van der Waals surface area contributed by atoms with Gasteiger partial charge in [0.2, 0.25) is 0 Å². The summed E-state index contributed by atoms with van der Waals surface area (Å²) in [6.07, 6.45) is 3.00. The second-order valence-electron chi connectivity index (χ2n) is 5.96. The Morgan fingerprint density at radius 3 is 2.62 bits per heavy atom. The molecular formula is C16H20ClNO3. The maximum Gasteiger partial charge on any atom is 0.311 e. The molecule has 4 nitrogen and oxygen atoms in total. The van der Waals surface area contributed by atoms with Gasteiger partial charge >= 0.3 is 5.97 Å². The van der Waals surface area contributed by atoms with Gasteiger partial charge in [0.25, 0.3) is 5.91 Å². The summed E-state index contributed by atoms with van der Waals surface area (Å²) in [6, 6.07) is 6.64. The fourth-order valence-corrected chi connectivity index (χ4v) is 2.95. The van der Waals surface area contributed by atoms with Crippen LogP contribution < -0.4 is 5.32 Å². The highest BCUT2D eigenvalue weighted by molar-refractivity contribution is 6.30. The number of halogens is 1. The van der Waals surface area contributed by atoms with E-state index in [4.69, 9.17) is 11.6 Å². The van der Waals surface area contributed by atoms with Gasteiger partial charge < -0.3 is 10.4 Å². The van der Waals surface area contributed by atoms with Gasteiger partial charge in [-0.1, -0.05) is 24.6 Å². The van der Waals surface area contributed by atoms with Gasteiger partial charge in [-0.3, -0.25) is 9.59 Å². The van der Waals surface area contributed by atoms with Crippen LogP contribution in [0.2, 0.25) is 5.02 Å². The van der Waals surface area contributed by atoms with Crippen molar-refractivity contribution in [2.24, 2.45) is 11.3 Å². The lowest BCUT2D eigenvalue weighted by Gasteiger charge is -2.35. The number of amides is 1. The van der Waals surface area contributed by atoms with Gasteiger partial charge in [0.15, 0.2) is 0 Å². The number of carbonyl (C=O) groups is 2. The van der Waals surface area contributed by atoms with Crippen molar-refractivity contribution >= 4 is 23.5 Å². The number of carboxylic acids is 1. The van der Waals surface area contributed by atoms with Gasteiger partial charge in [0, 0.05) is 17.1 Å². The fourth-order valence-electron chi connectivity index (χ4n) is 2.76. The first-order valence-electron chi connectivity index (χ1n) is 7.20. The van der Waals surface area contributed by atoms with Gasteiger partial charge in [-0.05, 0) is 49.8 Å². The van der Waals surface area contributed by atoms with Gasteiger partial charge in [-0.25, -0.2) is 0 Å². The molecule has 0 aliphatic heterocycles. The predicted octanol–water partition coefficient (Wildman–Crippen LogP) is 3.35. The molecule has 1 aromatic rings. The Kier molecular flexibility index (Phi) is 4.88. The summed E-state index contributed by atoms with van der Waals surface area (Å²) in [4.78, 5) is 23.7. The number of nitrogens with one attached hydrogen (secondary N) is 1. The van der Waals surface area contributed by atoms with E-state index in [0.29, 0.717) is 29.3 Å². The van der Waals surface area contributed by atoms with Crippen LogP contribution in [0.3, 0.4) is 0 Å². The third kappa shape index (κ3) is 3.76. The average Bonchev–Trinajstić information content (AvgIpc) is 2.46. The molecule has 0 heterocycles. The zero-order valence-electron chi connectivity index (χ0n) is 12.1. The highest BCUT2D eigenvalue weighted by atomic mass is 35.5. The first-order valence-corrected chi connectivity index (χ1v) is 7.58. The molecule has 2 rings (SSSR count). The summed E-state index contributed by atoms with van der Waals surface area (Å²) in [5, 5.41) is 12.8. The van der Waals surface area contributed by atoms with Crippen LogP contribution in [0, 0.1) is 11.3 Å². The number of hydrogen-bond acceptors (Lipinski definition) is 2. The molecule has 1 aromatic carbocycles. The smallest absolute Gasteiger partial charge is 0.311 e. The second-order valence-corrected chi connectivity index (χ2v) is 6.40. The highest BCUT2D eigenvalue weighted by Crippen LogP contribution is 2.38. The molecule has 0 bridgehead atoms. The molecule has 1 amide bonds. The summed E-state index contributed by atoms with van der Waals surface area (Å²) >= 11 is 5.86. The Morgan fingerprint density at radius 2 is 2.05 bits per heavy atom. The Morgan fingerprint density at radius 1 is 1.38 bits per heavy atom. The zero-order valence-corrected chi connectivity index (χ0v) is 12.8. The minimum absolute atomic E-state index is 0.167. The van der Waals surface area contributed by atoms with Gasteiger partial charge in [-0.15, -0.1) is 0 Å². The number of aliphatic carboxylic acids is 1. The van der Waals surface area contributed by atoms with Crippen LogP contribution in [0.15, 0.2) is 24.3 Å². The minimum Gasteiger partial charge on any atom is -0.481 e. The van der Waals surface area contributed by atoms with E-state index < -0.39 is 11.4 Å². The lowest BCUT2D eigenvalue weighted by molar-refractivity contribution is -0.151. The quantitative estimate of drug-likeness (QED) is 0.896.